The molecule has 0 aliphatic carbocycles. The number of aromatic nitrogens is 3. The third kappa shape index (κ3) is 4.18. The van der Waals surface area contributed by atoms with Crippen molar-refractivity contribution in [2.45, 2.75) is 6.54 Å². The second-order valence-corrected chi connectivity index (χ2v) is 6.59. The Hall–Kier alpha value is -3.10. The summed E-state index contributed by atoms with van der Waals surface area (Å²) in [6, 6.07) is 16.4. The first-order valence-electron chi connectivity index (χ1n) is 8.43. The molecule has 2 aromatic carbocycles. The van der Waals surface area contributed by atoms with Crippen molar-refractivity contribution in [2.24, 2.45) is 0 Å². The molecule has 29 heavy (non-hydrogen) atoms. The Bertz CT molecular complexity index is 1240. The molecule has 0 radical (unpaired) electrons. The summed E-state index contributed by atoms with van der Waals surface area (Å²) < 4.78 is 3.35. The van der Waals surface area contributed by atoms with Gasteiger partial charge in [-0.15, -0.1) is 0 Å². The number of pyridine rings is 1. The molecule has 0 fully saturated rings. The van der Waals surface area contributed by atoms with Gasteiger partial charge in [-0.3, -0.25) is 19.5 Å². The topological polar surface area (TPSA) is 81.9 Å². The number of non-ortho nitro benzene ring substituents is 1. The molecular formula is C20H14BrClN4O3. The van der Waals surface area contributed by atoms with E-state index in [0.717, 1.165) is 0 Å². The number of nitro groups is 1. The summed E-state index contributed by atoms with van der Waals surface area (Å²) in [5.74, 6) is 0.505. The molecule has 0 amide bonds. The molecule has 0 N–H and O–H groups in total. The Morgan fingerprint density at radius 2 is 1.76 bits per heavy atom. The Morgan fingerprint density at radius 3 is 2.41 bits per heavy atom. The Morgan fingerprint density at radius 1 is 1.07 bits per heavy atom. The second kappa shape index (κ2) is 8.50. The van der Waals surface area contributed by atoms with Crippen molar-refractivity contribution in [3.8, 4) is 5.69 Å². The monoisotopic (exact) mass is 472 g/mol. The molecule has 0 unspecified atom stereocenters. The van der Waals surface area contributed by atoms with E-state index in [1.807, 2.05) is 35.2 Å². The smallest absolute Gasteiger partial charge is 0.269 e. The maximum absolute atomic E-state index is 13.2. The standard InChI is InChI=1S/C20H14ClN4O3.BrH/c21-14-4-9-18-17(12-14)20(26)24(15-5-7-16(8-6-15)25(27)28)19(22-18)13-23-10-2-1-3-11-23;/h1-12H,13H2;1H/q+1;/p-1. The number of hydrogen-bond acceptors (Lipinski definition) is 4. The third-order valence-corrected chi connectivity index (χ3v) is 4.55. The minimum absolute atomic E-state index is 0. The van der Waals surface area contributed by atoms with Gasteiger partial charge in [0.25, 0.3) is 11.2 Å². The van der Waals surface area contributed by atoms with Crippen LogP contribution in [0.1, 0.15) is 5.82 Å². The molecule has 0 saturated heterocycles. The van der Waals surface area contributed by atoms with E-state index in [2.05, 4.69) is 4.98 Å². The summed E-state index contributed by atoms with van der Waals surface area (Å²) in [7, 11) is 0. The van der Waals surface area contributed by atoms with E-state index in [0.29, 0.717) is 34.0 Å². The minimum atomic E-state index is -0.480. The zero-order valence-corrected chi connectivity index (χ0v) is 17.2. The Balaban J connectivity index is 0.00000240. The molecule has 4 rings (SSSR count). The van der Waals surface area contributed by atoms with Gasteiger partial charge in [-0.2, -0.15) is 4.57 Å². The Labute approximate surface area is 180 Å². The summed E-state index contributed by atoms with van der Waals surface area (Å²) in [6.45, 7) is 0.353. The maximum atomic E-state index is 13.2. The summed E-state index contributed by atoms with van der Waals surface area (Å²) >= 11 is 6.06. The summed E-state index contributed by atoms with van der Waals surface area (Å²) in [5, 5.41) is 11.8. The van der Waals surface area contributed by atoms with Crippen molar-refractivity contribution in [1.82, 2.24) is 9.55 Å². The van der Waals surface area contributed by atoms with Gasteiger partial charge in [0.15, 0.2) is 18.2 Å². The molecule has 2 heterocycles. The molecule has 7 nitrogen and oxygen atoms in total. The van der Waals surface area contributed by atoms with Crippen LogP contribution in [0.5, 0.6) is 0 Å². The van der Waals surface area contributed by atoms with Gasteiger partial charge in [-0.25, -0.2) is 4.98 Å². The molecule has 0 aliphatic rings. The van der Waals surface area contributed by atoms with Crippen molar-refractivity contribution in [3.05, 3.63) is 104 Å². The molecule has 9 heteroatoms. The molecule has 0 aliphatic heterocycles. The van der Waals surface area contributed by atoms with E-state index in [1.165, 1.54) is 28.8 Å². The number of rotatable bonds is 4. The average Bonchev–Trinajstić information content (AvgIpc) is 2.70. The predicted molar refractivity (Wildman–Crippen MR) is 105 cm³/mol. The normalized spacial score (nSPS) is 10.5. The maximum Gasteiger partial charge on any atom is 0.269 e. The molecule has 2 aromatic heterocycles. The lowest BCUT2D eigenvalue weighted by molar-refractivity contribution is -0.689. The van der Waals surface area contributed by atoms with Crippen molar-refractivity contribution in [2.75, 3.05) is 0 Å². The lowest BCUT2D eigenvalue weighted by Gasteiger charge is -2.12. The zero-order chi connectivity index (χ0) is 19.7. The highest BCUT2D eigenvalue weighted by Crippen LogP contribution is 2.19. The molecule has 0 atom stereocenters. The van der Waals surface area contributed by atoms with Gasteiger partial charge in [0.1, 0.15) is 0 Å². The van der Waals surface area contributed by atoms with Crippen molar-refractivity contribution >= 4 is 28.2 Å². The third-order valence-electron chi connectivity index (χ3n) is 4.32. The quantitative estimate of drug-likeness (QED) is 0.242. The SMILES string of the molecule is O=c1c2cc(Cl)ccc2nc(C[n+]2ccccc2)n1-c1ccc([N+](=O)[O-])cc1.[Br-]. The lowest BCUT2D eigenvalue weighted by Crippen LogP contribution is -3.00. The highest BCUT2D eigenvalue weighted by atomic mass is 79.9. The van der Waals surface area contributed by atoms with Crippen LogP contribution >= 0.6 is 11.6 Å². The molecule has 4 aromatic rings. The van der Waals surface area contributed by atoms with Crippen molar-refractivity contribution in [3.63, 3.8) is 0 Å². The van der Waals surface area contributed by atoms with E-state index in [9.17, 15) is 14.9 Å². The van der Waals surface area contributed by atoms with Gasteiger partial charge in [-0.1, -0.05) is 17.7 Å². The number of halogens is 2. The average molecular weight is 474 g/mol. The number of fused-ring (bicyclic) bond motifs is 1. The van der Waals surface area contributed by atoms with E-state index in [-0.39, 0.29) is 28.2 Å². The van der Waals surface area contributed by atoms with Gasteiger partial charge >= 0.3 is 0 Å². The van der Waals surface area contributed by atoms with Crippen LogP contribution in [0.25, 0.3) is 16.6 Å². The van der Waals surface area contributed by atoms with E-state index < -0.39 is 4.92 Å². The predicted octanol–water partition coefficient (Wildman–Crippen LogP) is 0.287. The number of hydrogen-bond donors (Lipinski definition) is 0. The van der Waals surface area contributed by atoms with E-state index in [1.54, 1.807) is 18.2 Å². The van der Waals surface area contributed by atoms with Gasteiger partial charge in [0.2, 0.25) is 6.54 Å². The number of nitrogens with zero attached hydrogens (tertiary/aromatic N) is 4. The molecule has 0 bridgehead atoms. The number of nitro benzene ring substituents is 1. The largest absolute Gasteiger partial charge is 1.00 e. The Kier molecular flexibility index (Phi) is 6.05. The van der Waals surface area contributed by atoms with Crippen LogP contribution in [-0.4, -0.2) is 14.5 Å². The fourth-order valence-corrected chi connectivity index (χ4v) is 3.17. The summed E-state index contributed by atoms with van der Waals surface area (Å²) in [4.78, 5) is 28.4. The summed E-state index contributed by atoms with van der Waals surface area (Å²) in [6.07, 6.45) is 3.75. The molecule has 0 saturated carbocycles. The van der Waals surface area contributed by atoms with E-state index in [4.69, 9.17) is 11.6 Å². The van der Waals surface area contributed by atoms with Crippen LogP contribution in [0.4, 0.5) is 5.69 Å². The fraction of sp³-hybridized carbons (Fsp3) is 0.0500. The second-order valence-electron chi connectivity index (χ2n) is 6.15. The lowest BCUT2D eigenvalue weighted by atomic mass is 10.2. The van der Waals surface area contributed by atoms with Crippen molar-refractivity contribution < 1.29 is 26.5 Å². The minimum Gasteiger partial charge on any atom is -1.00 e. The van der Waals surface area contributed by atoms with Crippen LogP contribution in [0.15, 0.2) is 77.9 Å². The highest BCUT2D eigenvalue weighted by Gasteiger charge is 2.17. The number of benzene rings is 2. The van der Waals surface area contributed by atoms with E-state index >= 15 is 0 Å². The van der Waals surface area contributed by atoms with Crippen molar-refractivity contribution in [1.29, 1.82) is 0 Å². The van der Waals surface area contributed by atoms with Gasteiger partial charge in [-0.05, 0) is 30.3 Å². The highest BCUT2D eigenvalue weighted by molar-refractivity contribution is 6.31. The first kappa shape index (κ1) is 20.6. The van der Waals surface area contributed by atoms with Crippen LogP contribution in [-0.2, 0) is 6.54 Å². The van der Waals surface area contributed by atoms with Gasteiger partial charge in [0.05, 0.1) is 21.5 Å². The van der Waals surface area contributed by atoms with Gasteiger partial charge < -0.3 is 17.0 Å². The molecule has 146 valence electrons. The first-order chi connectivity index (χ1) is 13.5. The first-order valence-corrected chi connectivity index (χ1v) is 8.81. The zero-order valence-electron chi connectivity index (χ0n) is 14.9. The van der Waals surface area contributed by atoms with Crippen LogP contribution < -0.4 is 27.1 Å². The molecule has 0 spiro atoms. The summed E-state index contributed by atoms with van der Waals surface area (Å²) in [5.41, 5.74) is 0.705. The fourth-order valence-electron chi connectivity index (χ4n) is 3.00. The van der Waals surface area contributed by atoms with Crippen LogP contribution in [0.3, 0.4) is 0 Å². The van der Waals surface area contributed by atoms with Crippen LogP contribution in [0.2, 0.25) is 5.02 Å². The molecular weight excluding hydrogens is 460 g/mol. The van der Waals surface area contributed by atoms with Crippen LogP contribution in [0, 0.1) is 10.1 Å². The van der Waals surface area contributed by atoms with Gasteiger partial charge in [0, 0.05) is 29.3 Å².